The maximum absolute atomic E-state index is 11.3. The molecule has 0 atom stereocenters. The molecule has 0 unspecified atom stereocenters. The Morgan fingerprint density at radius 3 is 2.79 bits per heavy atom. The molecule has 0 radical (unpaired) electrons. The molecule has 0 saturated heterocycles. The first-order valence-corrected chi connectivity index (χ1v) is 3.96. The highest BCUT2D eigenvalue weighted by molar-refractivity contribution is 5.72. The van der Waals surface area contributed by atoms with Gasteiger partial charge in [0.2, 0.25) is 5.95 Å². The highest BCUT2D eigenvalue weighted by Crippen LogP contribution is 2.01. The normalized spacial score (nSPS) is 9.86. The highest BCUT2D eigenvalue weighted by atomic mass is 16.5. The second kappa shape index (κ2) is 3.91. The Labute approximate surface area is 80.1 Å². The van der Waals surface area contributed by atoms with E-state index in [1.807, 2.05) is 0 Å². The number of aryl methyl sites for hydroxylation is 1. The predicted molar refractivity (Wildman–Crippen MR) is 49.7 cm³/mol. The number of nitrogens with one attached hydrogen (secondary N) is 1. The van der Waals surface area contributed by atoms with Gasteiger partial charge < -0.3 is 10.5 Å². The number of nitrogen functional groups attached to an aromatic ring is 1. The molecule has 0 aliphatic carbocycles. The van der Waals surface area contributed by atoms with Gasteiger partial charge >= 0.3 is 5.97 Å². The van der Waals surface area contributed by atoms with Gasteiger partial charge in [-0.3, -0.25) is 14.6 Å². The minimum Gasteiger partial charge on any atom is -0.469 e. The molecule has 6 heteroatoms. The summed E-state index contributed by atoms with van der Waals surface area (Å²) in [7, 11) is 1.26. The number of carbonyl (C=O) groups excluding carboxylic acids is 1. The van der Waals surface area contributed by atoms with Crippen molar-refractivity contribution in [3.8, 4) is 0 Å². The molecule has 1 heterocycles. The second-order valence-corrected chi connectivity index (χ2v) is 2.77. The van der Waals surface area contributed by atoms with E-state index in [1.165, 1.54) is 7.11 Å². The van der Waals surface area contributed by atoms with Crippen LogP contribution in [0.25, 0.3) is 0 Å². The van der Waals surface area contributed by atoms with E-state index in [9.17, 15) is 9.59 Å². The van der Waals surface area contributed by atoms with Gasteiger partial charge in [-0.15, -0.1) is 0 Å². The molecule has 1 rings (SSSR count). The molecule has 1 aromatic heterocycles. The Hall–Kier alpha value is -1.85. The average Bonchev–Trinajstić information content (AvgIpc) is 2.10. The maximum Gasteiger partial charge on any atom is 0.310 e. The van der Waals surface area contributed by atoms with Crippen LogP contribution in [-0.2, 0) is 16.0 Å². The number of nitrogens with two attached hydrogens (primary N) is 1. The van der Waals surface area contributed by atoms with Crippen LogP contribution in [0.3, 0.4) is 0 Å². The van der Waals surface area contributed by atoms with Gasteiger partial charge in [0.1, 0.15) is 0 Å². The monoisotopic (exact) mass is 197 g/mol. The Kier molecular flexibility index (Phi) is 2.85. The van der Waals surface area contributed by atoms with Gasteiger partial charge in [-0.25, -0.2) is 4.98 Å². The third-order valence-electron chi connectivity index (χ3n) is 1.79. The summed E-state index contributed by atoms with van der Waals surface area (Å²) in [5, 5.41) is 0. The zero-order chi connectivity index (χ0) is 10.7. The van der Waals surface area contributed by atoms with Crippen LogP contribution >= 0.6 is 0 Å². The number of methoxy groups -OCH3 is 1. The summed E-state index contributed by atoms with van der Waals surface area (Å²) < 4.78 is 4.44. The van der Waals surface area contributed by atoms with Crippen molar-refractivity contribution in [1.29, 1.82) is 0 Å². The fraction of sp³-hybridized carbons (Fsp3) is 0.375. The van der Waals surface area contributed by atoms with Crippen LogP contribution in [0, 0.1) is 6.92 Å². The number of aromatic amines is 1. The Balaban J connectivity index is 3.09. The zero-order valence-corrected chi connectivity index (χ0v) is 7.96. The SMILES string of the molecule is COC(=O)Cc1c(C)nc(N)[nH]c1=O. The third kappa shape index (κ3) is 2.09. The predicted octanol–water partition coefficient (Wildman–Crippen LogP) is -0.624. The molecule has 1 aromatic rings. The van der Waals surface area contributed by atoms with Crippen LogP contribution in [0.4, 0.5) is 5.95 Å². The first-order chi connectivity index (χ1) is 6.54. The Morgan fingerprint density at radius 2 is 2.29 bits per heavy atom. The number of H-pyrrole nitrogens is 1. The molecule has 0 fully saturated rings. The van der Waals surface area contributed by atoms with Crippen molar-refractivity contribution in [2.45, 2.75) is 13.3 Å². The third-order valence-corrected chi connectivity index (χ3v) is 1.79. The molecule has 0 aliphatic heterocycles. The molecule has 76 valence electrons. The van der Waals surface area contributed by atoms with E-state index in [0.717, 1.165) is 0 Å². The molecule has 14 heavy (non-hydrogen) atoms. The van der Waals surface area contributed by atoms with Gasteiger partial charge in [0.15, 0.2) is 0 Å². The molecule has 3 N–H and O–H groups in total. The molecule has 0 aromatic carbocycles. The summed E-state index contributed by atoms with van der Waals surface area (Å²) in [4.78, 5) is 28.4. The van der Waals surface area contributed by atoms with Gasteiger partial charge in [-0.1, -0.05) is 0 Å². The molecule has 0 amide bonds. The van der Waals surface area contributed by atoms with Gasteiger partial charge in [-0.05, 0) is 6.92 Å². The fourth-order valence-corrected chi connectivity index (χ4v) is 1.06. The number of aromatic nitrogens is 2. The van der Waals surface area contributed by atoms with Crippen molar-refractivity contribution in [2.75, 3.05) is 12.8 Å². The van der Waals surface area contributed by atoms with Crippen LogP contribution in [0.15, 0.2) is 4.79 Å². The number of nitrogens with zero attached hydrogens (tertiary/aromatic N) is 1. The van der Waals surface area contributed by atoms with Gasteiger partial charge in [0.05, 0.1) is 19.2 Å². The molecule has 0 aliphatic rings. The largest absolute Gasteiger partial charge is 0.469 e. The fourth-order valence-electron chi connectivity index (χ4n) is 1.06. The summed E-state index contributed by atoms with van der Waals surface area (Å²) >= 11 is 0. The summed E-state index contributed by atoms with van der Waals surface area (Å²) in [6.45, 7) is 1.61. The second-order valence-electron chi connectivity index (χ2n) is 2.77. The smallest absolute Gasteiger partial charge is 0.310 e. The number of carbonyl (C=O) groups is 1. The van der Waals surface area contributed by atoms with Crippen molar-refractivity contribution in [1.82, 2.24) is 9.97 Å². The summed E-state index contributed by atoms with van der Waals surface area (Å²) in [5.74, 6) is -0.439. The average molecular weight is 197 g/mol. The molecular weight excluding hydrogens is 186 g/mol. The van der Waals surface area contributed by atoms with Crippen molar-refractivity contribution < 1.29 is 9.53 Å². The van der Waals surface area contributed by atoms with Gasteiger partial charge in [0, 0.05) is 5.56 Å². The first-order valence-electron chi connectivity index (χ1n) is 3.96. The van der Waals surface area contributed by atoms with E-state index >= 15 is 0 Å². The van der Waals surface area contributed by atoms with Gasteiger partial charge in [0.25, 0.3) is 5.56 Å². The number of hydrogen-bond donors (Lipinski definition) is 2. The van der Waals surface area contributed by atoms with Crippen molar-refractivity contribution >= 4 is 11.9 Å². The molecule has 0 spiro atoms. The zero-order valence-electron chi connectivity index (χ0n) is 7.96. The highest BCUT2D eigenvalue weighted by Gasteiger charge is 2.11. The summed E-state index contributed by atoms with van der Waals surface area (Å²) in [6.07, 6.45) is -0.0923. The number of ether oxygens (including phenoxy) is 1. The molecule has 0 saturated carbocycles. The summed E-state index contributed by atoms with van der Waals surface area (Å²) in [5.41, 5.74) is 5.63. The Bertz CT molecular complexity index is 411. The van der Waals surface area contributed by atoms with Crippen molar-refractivity contribution in [2.24, 2.45) is 0 Å². The van der Waals surface area contributed by atoms with Crippen LogP contribution in [0.1, 0.15) is 11.3 Å². The van der Waals surface area contributed by atoms with E-state index in [4.69, 9.17) is 5.73 Å². The number of esters is 1. The lowest BCUT2D eigenvalue weighted by Gasteiger charge is -2.03. The van der Waals surface area contributed by atoms with E-state index < -0.39 is 11.5 Å². The molecule has 0 bridgehead atoms. The first kappa shape index (κ1) is 10.2. The topological polar surface area (TPSA) is 98.1 Å². The van der Waals surface area contributed by atoms with Crippen LogP contribution < -0.4 is 11.3 Å². The van der Waals surface area contributed by atoms with Crippen LogP contribution in [-0.4, -0.2) is 23.0 Å². The van der Waals surface area contributed by atoms with E-state index in [-0.39, 0.29) is 17.9 Å². The minimum atomic E-state index is -0.481. The lowest BCUT2D eigenvalue weighted by molar-refractivity contribution is -0.139. The number of anilines is 1. The van der Waals surface area contributed by atoms with E-state index in [2.05, 4.69) is 14.7 Å². The lowest BCUT2D eigenvalue weighted by Crippen LogP contribution is -2.21. The molecule has 6 nitrogen and oxygen atoms in total. The van der Waals surface area contributed by atoms with Gasteiger partial charge in [-0.2, -0.15) is 0 Å². The quantitative estimate of drug-likeness (QED) is 0.615. The van der Waals surface area contributed by atoms with Crippen molar-refractivity contribution in [3.63, 3.8) is 0 Å². The molecular formula is C8H11N3O3. The number of hydrogen-bond acceptors (Lipinski definition) is 5. The lowest BCUT2D eigenvalue weighted by atomic mass is 10.2. The Morgan fingerprint density at radius 1 is 1.64 bits per heavy atom. The van der Waals surface area contributed by atoms with Crippen molar-refractivity contribution in [3.05, 3.63) is 21.6 Å². The number of rotatable bonds is 2. The van der Waals surface area contributed by atoms with E-state index in [1.54, 1.807) is 6.92 Å². The van der Waals surface area contributed by atoms with E-state index in [0.29, 0.717) is 5.69 Å². The maximum atomic E-state index is 11.3. The van der Waals surface area contributed by atoms with Crippen LogP contribution in [0.5, 0.6) is 0 Å². The minimum absolute atomic E-state index is 0.0427. The standard InChI is InChI=1S/C8H11N3O3/c1-4-5(3-6(12)14-2)7(13)11-8(9)10-4/h3H2,1-2H3,(H3,9,10,11,13). The summed E-state index contributed by atoms with van der Waals surface area (Å²) in [6, 6.07) is 0. The van der Waals surface area contributed by atoms with Crippen LogP contribution in [0.2, 0.25) is 0 Å².